The van der Waals surface area contributed by atoms with Gasteiger partial charge in [-0.3, -0.25) is 0 Å². The first-order valence-electron chi connectivity index (χ1n) is 4.40. The van der Waals surface area contributed by atoms with E-state index in [-0.39, 0.29) is 18.5 Å². The lowest BCUT2D eigenvalue weighted by molar-refractivity contribution is 0.275. The Kier molecular flexibility index (Phi) is 2.06. The molecule has 2 nitrogen and oxygen atoms in total. The lowest BCUT2D eigenvalue weighted by atomic mass is 10.0. The smallest absolute Gasteiger partial charge is 0.133 e. The van der Waals surface area contributed by atoms with Crippen LogP contribution in [-0.2, 0) is 13.0 Å². The summed E-state index contributed by atoms with van der Waals surface area (Å²) in [4.78, 5) is 0. The summed E-state index contributed by atoms with van der Waals surface area (Å²) in [5, 5.41) is 8.86. The molecule has 0 aliphatic heterocycles. The van der Waals surface area contributed by atoms with Gasteiger partial charge in [-0.1, -0.05) is 12.1 Å². The number of rotatable bonds is 1. The van der Waals surface area contributed by atoms with E-state index in [0.29, 0.717) is 11.1 Å². The monoisotopic (exact) mass is 181 g/mol. The number of hydrogen-bond donors (Lipinski definition) is 2. The molecule has 13 heavy (non-hydrogen) atoms. The minimum absolute atomic E-state index is 0.193. The molecule has 1 atom stereocenters. The van der Waals surface area contributed by atoms with E-state index in [1.54, 1.807) is 6.07 Å². The molecule has 1 aromatic rings. The fourth-order valence-electron chi connectivity index (χ4n) is 1.87. The highest BCUT2D eigenvalue weighted by molar-refractivity contribution is 5.39. The van der Waals surface area contributed by atoms with Crippen molar-refractivity contribution in [3.05, 3.63) is 34.6 Å². The maximum Gasteiger partial charge on any atom is 0.133 e. The molecule has 0 amide bonds. The number of aliphatic hydroxyl groups is 1. The van der Waals surface area contributed by atoms with Gasteiger partial charge in [0.1, 0.15) is 5.82 Å². The van der Waals surface area contributed by atoms with Crippen molar-refractivity contribution in [2.45, 2.75) is 25.5 Å². The maximum atomic E-state index is 13.6. The largest absolute Gasteiger partial charge is 0.392 e. The average Bonchev–Trinajstić information content (AvgIpc) is 2.49. The van der Waals surface area contributed by atoms with Gasteiger partial charge in [0.2, 0.25) is 0 Å². The minimum Gasteiger partial charge on any atom is -0.392 e. The molecule has 0 saturated carbocycles. The van der Waals surface area contributed by atoms with Gasteiger partial charge in [-0.15, -0.1) is 0 Å². The van der Waals surface area contributed by atoms with Crippen LogP contribution in [0.2, 0.25) is 0 Å². The third-order valence-electron chi connectivity index (χ3n) is 2.62. The van der Waals surface area contributed by atoms with Gasteiger partial charge in [0, 0.05) is 17.2 Å². The second-order valence-electron chi connectivity index (χ2n) is 3.41. The lowest BCUT2D eigenvalue weighted by Gasteiger charge is -2.08. The molecule has 2 rings (SSSR count). The Morgan fingerprint density at radius 2 is 2.31 bits per heavy atom. The van der Waals surface area contributed by atoms with Crippen molar-refractivity contribution >= 4 is 0 Å². The van der Waals surface area contributed by atoms with Crippen molar-refractivity contribution in [3.63, 3.8) is 0 Å². The molecule has 0 aromatic heterocycles. The third kappa shape index (κ3) is 1.24. The quantitative estimate of drug-likeness (QED) is 0.685. The van der Waals surface area contributed by atoms with E-state index in [1.807, 2.05) is 6.07 Å². The molecule has 1 aromatic carbocycles. The highest BCUT2D eigenvalue weighted by Gasteiger charge is 2.24. The van der Waals surface area contributed by atoms with Crippen molar-refractivity contribution in [2.75, 3.05) is 0 Å². The molecule has 0 unspecified atom stereocenters. The molecule has 0 bridgehead atoms. The van der Waals surface area contributed by atoms with Crippen LogP contribution in [0.4, 0.5) is 4.39 Å². The fourth-order valence-corrected chi connectivity index (χ4v) is 1.87. The van der Waals surface area contributed by atoms with E-state index < -0.39 is 0 Å². The molecule has 70 valence electrons. The standard InChI is InChI=1S/C10H12FNO/c11-10-7(5-13)2-1-6-3-4-8(12)9(6)10/h1-2,8,13H,3-5,12H2/t8-/m0/s1. The normalized spacial score (nSPS) is 20.4. The Morgan fingerprint density at radius 3 is 3.00 bits per heavy atom. The predicted molar refractivity (Wildman–Crippen MR) is 47.6 cm³/mol. The summed E-state index contributed by atoms with van der Waals surface area (Å²) in [6, 6.07) is 3.30. The minimum atomic E-state index is -0.315. The molecular weight excluding hydrogens is 169 g/mol. The summed E-state index contributed by atoms with van der Waals surface area (Å²) in [6.45, 7) is -0.258. The molecular formula is C10H12FNO. The number of fused-ring (bicyclic) bond motifs is 1. The third-order valence-corrected chi connectivity index (χ3v) is 2.62. The van der Waals surface area contributed by atoms with E-state index in [2.05, 4.69) is 0 Å². The van der Waals surface area contributed by atoms with E-state index in [0.717, 1.165) is 18.4 Å². The van der Waals surface area contributed by atoms with Gasteiger partial charge in [-0.05, 0) is 18.4 Å². The SMILES string of the molecule is N[C@H]1CCc2ccc(CO)c(F)c21. The molecule has 3 heteroatoms. The van der Waals surface area contributed by atoms with Crippen LogP contribution in [0, 0.1) is 5.82 Å². The zero-order chi connectivity index (χ0) is 9.42. The van der Waals surface area contributed by atoms with E-state index >= 15 is 0 Å². The van der Waals surface area contributed by atoms with Crippen LogP contribution in [0.25, 0.3) is 0 Å². The van der Waals surface area contributed by atoms with Gasteiger partial charge in [0.15, 0.2) is 0 Å². The Bertz CT molecular complexity index is 338. The zero-order valence-electron chi connectivity index (χ0n) is 7.26. The Balaban J connectivity index is 2.56. The maximum absolute atomic E-state index is 13.6. The molecule has 0 saturated heterocycles. The molecule has 0 heterocycles. The van der Waals surface area contributed by atoms with Gasteiger partial charge in [0.25, 0.3) is 0 Å². The second-order valence-corrected chi connectivity index (χ2v) is 3.41. The van der Waals surface area contributed by atoms with E-state index in [9.17, 15) is 4.39 Å². The summed E-state index contributed by atoms with van der Waals surface area (Å²) < 4.78 is 13.6. The summed E-state index contributed by atoms with van der Waals surface area (Å²) in [5.74, 6) is -0.315. The number of hydrogen-bond acceptors (Lipinski definition) is 2. The van der Waals surface area contributed by atoms with E-state index in [1.165, 1.54) is 0 Å². The number of aryl methyl sites for hydroxylation is 1. The summed E-state index contributed by atoms with van der Waals surface area (Å²) in [5.41, 5.74) is 7.68. The number of nitrogens with two attached hydrogens (primary N) is 1. The molecule has 0 fully saturated rings. The molecule has 1 aliphatic rings. The first-order chi connectivity index (χ1) is 6.24. The van der Waals surface area contributed by atoms with E-state index in [4.69, 9.17) is 10.8 Å². The van der Waals surface area contributed by atoms with Crippen molar-refractivity contribution in [1.29, 1.82) is 0 Å². The van der Waals surface area contributed by atoms with Crippen molar-refractivity contribution in [1.82, 2.24) is 0 Å². The molecule has 0 spiro atoms. The summed E-state index contributed by atoms with van der Waals surface area (Å²) in [7, 11) is 0. The van der Waals surface area contributed by atoms with Crippen LogP contribution in [0.5, 0.6) is 0 Å². The van der Waals surface area contributed by atoms with Crippen molar-refractivity contribution in [3.8, 4) is 0 Å². The van der Waals surface area contributed by atoms with Gasteiger partial charge in [-0.2, -0.15) is 0 Å². The Hall–Kier alpha value is -0.930. The average molecular weight is 181 g/mol. The first-order valence-corrected chi connectivity index (χ1v) is 4.40. The second kappa shape index (κ2) is 3.09. The molecule has 0 radical (unpaired) electrons. The predicted octanol–water partition coefficient (Wildman–Crippen LogP) is 1.26. The van der Waals surface area contributed by atoms with Gasteiger partial charge >= 0.3 is 0 Å². The highest BCUT2D eigenvalue weighted by atomic mass is 19.1. The van der Waals surface area contributed by atoms with Crippen molar-refractivity contribution in [2.24, 2.45) is 5.73 Å². The number of benzene rings is 1. The number of halogens is 1. The van der Waals surface area contributed by atoms with Crippen molar-refractivity contribution < 1.29 is 9.50 Å². The molecule has 1 aliphatic carbocycles. The first kappa shape index (κ1) is 8.66. The lowest BCUT2D eigenvalue weighted by Crippen LogP contribution is -2.09. The van der Waals surface area contributed by atoms with Gasteiger partial charge < -0.3 is 10.8 Å². The van der Waals surface area contributed by atoms with Crippen LogP contribution in [0.3, 0.4) is 0 Å². The molecule has 3 N–H and O–H groups in total. The Morgan fingerprint density at radius 1 is 1.54 bits per heavy atom. The van der Waals surface area contributed by atoms with Crippen LogP contribution in [-0.4, -0.2) is 5.11 Å². The van der Waals surface area contributed by atoms with Crippen LogP contribution >= 0.6 is 0 Å². The summed E-state index contributed by atoms with van der Waals surface area (Å²) in [6.07, 6.45) is 1.65. The highest BCUT2D eigenvalue weighted by Crippen LogP contribution is 2.32. The van der Waals surface area contributed by atoms with Crippen LogP contribution in [0.1, 0.15) is 29.2 Å². The van der Waals surface area contributed by atoms with Gasteiger partial charge in [0.05, 0.1) is 6.61 Å². The number of aliphatic hydroxyl groups excluding tert-OH is 1. The van der Waals surface area contributed by atoms with Crippen LogP contribution < -0.4 is 5.73 Å². The topological polar surface area (TPSA) is 46.2 Å². The van der Waals surface area contributed by atoms with Gasteiger partial charge in [-0.25, -0.2) is 4.39 Å². The Labute approximate surface area is 76.2 Å². The summed E-state index contributed by atoms with van der Waals surface area (Å²) >= 11 is 0. The van der Waals surface area contributed by atoms with Crippen LogP contribution in [0.15, 0.2) is 12.1 Å². The zero-order valence-corrected chi connectivity index (χ0v) is 7.26. The fraction of sp³-hybridized carbons (Fsp3) is 0.400.